The highest BCUT2D eigenvalue weighted by Crippen LogP contribution is 2.32. The van der Waals surface area contributed by atoms with Crippen LogP contribution in [0.3, 0.4) is 0 Å². The number of carbonyl (C=O) groups is 1. The molecule has 0 fully saturated rings. The molecule has 3 aromatic rings. The predicted octanol–water partition coefficient (Wildman–Crippen LogP) is 7.09. The predicted molar refractivity (Wildman–Crippen MR) is 115 cm³/mol. The third-order valence-corrected chi connectivity index (χ3v) is 6.33. The largest absolute Gasteiger partial charge is 0.325 e. The fourth-order valence-electron chi connectivity index (χ4n) is 1.94. The number of thioether (sulfide) groups is 1. The first-order valence-electron chi connectivity index (χ1n) is 7.34. The summed E-state index contributed by atoms with van der Waals surface area (Å²) in [6, 6.07) is 9.64. The van der Waals surface area contributed by atoms with Gasteiger partial charge in [-0.25, -0.2) is 4.79 Å². The van der Waals surface area contributed by atoms with E-state index in [0.717, 1.165) is 5.56 Å². The Bertz CT molecular complexity index is 983. The summed E-state index contributed by atoms with van der Waals surface area (Å²) in [7, 11) is 0. The van der Waals surface area contributed by atoms with E-state index in [1.54, 1.807) is 30.3 Å². The van der Waals surface area contributed by atoms with Crippen LogP contribution in [0.2, 0.25) is 20.1 Å². The van der Waals surface area contributed by atoms with Gasteiger partial charge < -0.3 is 5.32 Å². The topological polar surface area (TPSA) is 66.9 Å². The Hall–Kier alpha value is -1.22. The monoisotopic (exact) mass is 478 g/mol. The minimum absolute atomic E-state index is 0.339. The van der Waals surface area contributed by atoms with Gasteiger partial charge in [0.1, 0.15) is 0 Å². The number of nitrogens with one attached hydrogen (secondary N) is 2. The molecule has 0 bridgehead atoms. The van der Waals surface area contributed by atoms with Gasteiger partial charge in [0.2, 0.25) is 5.13 Å². The number of halogens is 4. The lowest BCUT2D eigenvalue weighted by Crippen LogP contribution is -2.19. The third-order valence-electron chi connectivity index (χ3n) is 3.17. The summed E-state index contributed by atoms with van der Waals surface area (Å²) in [5, 5.41) is 15.6. The van der Waals surface area contributed by atoms with E-state index < -0.39 is 6.03 Å². The number of aromatic nitrogens is 2. The highest BCUT2D eigenvalue weighted by Gasteiger charge is 2.11. The summed E-state index contributed by atoms with van der Waals surface area (Å²) >= 11 is 26.6. The van der Waals surface area contributed by atoms with Crippen molar-refractivity contribution in [2.75, 3.05) is 10.6 Å². The Morgan fingerprint density at radius 2 is 1.67 bits per heavy atom. The van der Waals surface area contributed by atoms with Crippen LogP contribution in [0.1, 0.15) is 5.56 Å². The van der Waals surface area contributed by atoms with Crippen molar-refractivity contribution in [2.24, 2.45) is 0 Å². The molecule has 0 spiro atoms. The van der Waals surface area contributed by atoms with Crippen molar-refractivity contribution in [1.82, 2.24) is 10.2 Å². The summed E-state index contributed by atoms with van der Waals surface area (Å²) in [4.78, 5) is 12.1. The van der Waals surface area contributed by atoms with Crippen LogP contribution >= 0.6 is 69.5 Å². The molecule has 2 N–H and O–H groups in total. The van der Waals surface area contributed by atoms with Crippen LogP contribution in [0.4, 0.5) is 15.6 Å². The molecule has 1 aromatic heterocycles. The molecule has 0 saturated heterocycles. The lowest BCUT2D eigenvalue weighted by molar-refractivity contribution is 0.262. The van der Waals surface area contributed by atoms with E-state index in [9.17, 15) is 4.79 Å². The maximum absolute atomic E-state index is 12.1. The lowest BCUT2D eigenvalue weighted by Gasteiger charge is -2.07. The van der Waals surface area contributed by atoms with Crippen LogP contribution in [0.15, 0.2) is 40.7 Å². The molecule has 0 aliphatic heterocycles. The zero-order chi connectivity index (χ0) is 19.4. The minimum Gasteiger partial charge on any atom is -0.306 e. The Kier molecular flexibility index (Phi) is 7.08. The fraction of sp³-hybridized carbons (Fsp3) is 0.0625. The zero-order valence-electron chi connectivity index (χ0n) is 13.3. The van der Waals surface area contributed by atoms with Gasteiger partial charge in [0.25, 0.3) is 0 Å². The number of benzene rings is 2. The SMILES string of the molecule is O=C(Nc1nnc(SCc2ccc(Cl)cc2Cl)s1)Nc1ccc(Cl)cc1Cl. The van der Waals surface area contributed by atoms with Crippen molar-refractivity contribution in [1.29, 1.82) is 0 Å². The molecule has 11 heteroatoms. The van der Waals surface area contributed by atoms with Crippen LogP contribution in [-0.2, 0) is 5.75 Å². The van der Waals surface area contributed by atoms with Crippen molar-refractivity contribution in [3.05, 3.63) is 62.1 Å². The first-order chi connectivity index (χ1) is 12.9. The van der Waals surface area contributed by atoms with Crippen LogP contribution in [0, 0.1) is 0 Å². The van der Waals surface area contributed by atoms with E-state index >= 15 is 0 Å². The number of urea groups is 1. The van der Waals surface area contributed by atoms with Gasteiger partial charge >= 0.3 is 6.03 Å². The maximum atomic E-state index is 12.1. The summed E-state index contributed by atoms with van der Waals surface area (Å²) in [5.74, 6) is 0.608. The summed E-state index contributed by atoms with van der Waals surface area (Å²) in [6.07, 6.45) is 0. The Morgan fingerprint density at radius 3 is 2.37 bits per heavy atom. The Labute approximate surface area is 183 Å². The second-order valence-corrected chi connectivity index (χ2v) is 8.99. The van der Waals surface area contributed by atoms with E-state index in [2.05, 4.69) is 20.8 Å². The molecule has 0 aliphatic carbocycles. The third kappa shape index (κ3) is 5.88. The van der Waals surface area contributed by atoms with Gasteiger partial charge in [0.05, 0.1) is 10.7 Å². The van der Waals surface area contributed by atoms with Crippen LogP contribution in [0.25, 0.3) is 0 Å². The maximum Gasteiger partial charge on any atom is 0.325 e. The second-order valence-electron chi connectivity index (χ2n) is 5.10. The van der Waals surface area contributed by atoms with E-state index in [1.165, 1.54) is 23.1 Å². The summed E-state index contributed by atoms with van der Waals surface area (Å²) in [5.41, 5.74) is 1.38. The molecule has 0 atom stereocenters. The smallest absolute Gasteiger partial charge is 0.306 e. The number of hydrogen-bond donors (Lipinski definition) is 2. The average Bonchev–Trinajstić information content (AvgIpc) is 3.04. The molecular formula is C16H10Cl4N4OS2. The van der Waals surface area contributed by atoms with Gasteiger partial charge in [-0.3, -0.25) is 5.32 Å². The lowest BCUT2D eigenvalue weighted by atomic mass is 10.2. The number of amides is 2. The highest BCUT2D eigenvalue weighted by molar-refractivity contribution is 8.00. The fourth-order valence-corrected chi connectivity index (χ4v) is 4.70. The summed E-state index contributed by atoms with van der Waals surface area (Å²) in [6.45, 7) is 0. The highest BCUT2D eigenvalue weighted by atomic mass is 35.5. The molecule has 3 rings (SSSR count). The Balaban J connectivity index is 1.56. The first kappa shape index (κ1) is 20.5. The van der Waals surface area contributed by atoms with Gasteiger partial charge in [-0.15, -0.1) is 10.2 Å². The van der Waals surface area contributed by atoms with Crippen LogP contribution in [-0.4, -0.2) is 16.2 Å². The van der Waals surface area contributed by atoms with Crippen molar-refractivity contribution in [2.45, 2.75) is 10.1 Å². The van der Waals surface area contributed by atoms with E-state index in [1.807, 2.05) is 6.07 Å². The van der Waals surface area contributed by atoms with Gasteiger partial charge in [-0.05, 0) is 35.9 Å². The zero-order valence-corrected chi connectivity index (χ0v) is 18.0. The molecule has 0 saturated carbocycles. The van der Waals surface area contributed by atoms with E-state index in [0.29, 0.717) is 41.0 Å². The van der Waals surface area contributed by atoms with Crippen molar-refractivity contribution >= 4 is 86.4 Å². The molecule has 2 amide bonds. The molecule has 27 heavy (non-hydrogen) atoms. The molecule has 0 radical (unpaired) electrons. The van der Waals surface area contributed by atoms with E-state index in [4.69, 9.17) is 46.4 Å². The molecular weight excluding hydrogens is 470 g/mol. The number of rotatable bonds is 5. The quantitative estimate of drug-likeness (QED) is 0.302. The number of nitrogens with zero attached hydrogens (tertiary/aromatic N) is 2. The minimum atomic E-state index is -0.479. The average molecular weight is 480 g/mol. The normalized spacial score (nSPS) is 10.7. The van der Waals surface area contributed by atoms with E-state index in [-0.39, 0.29) is 0 Å². The first-order valence-corrected chi connectivity index (χ1v) is 10.7. The molecule has 140 valence electrons. The van der Waals surface area contributed by atoms with Crippen molar-refractivity contribution < 1.29 is 4.79 Å². The molecule has 1 heterocycles. The Morgan fingerprint density at radius 1 is 0.963 bits per heavy atom. The van der Waals surface area contributed by atoms with Gasteiger partial charge in [0, 0.05) is 20.8 Å². The van der Waals surface area contributed by atoms with Crippen LogP contribution in [0.5, 0.6) is 0 Å². The van der Waals surface area contributed by atoms with Gasteiger partial charge in [0.15, 0.2) is 4.34 Å². The number of hydrogen-bond acceptors (Lipinski definition) is 5. The standard InChI is InChI=1S/C16H10Cl4N4OS2/c17-9-2-1-8(11(19)5-9)7-26-16-24-23-15(27-16)22-14(25)21-13-4-3-10(18)6-12(13)20/h1-6H,7H2,(H2,21,22,23,25). The second kappa shape index (κ2) is 9.32. The molecule has 0 aliphatic rings. The van der Waals surface area contributed by atoms with Crippen molar-refractivity contribution in [3.8, 4) is 0 Å². The number of carbonyl (C=O) groups excluding carboxylic acids is 1. The van der Waals surface area contributed by atoms with Crippen LogP contribution < -0.4 is 10.6 Å². The molecule has 0 unspecified atom stereocenters. The number of anilines is 2. The summed E-state index contributed by atoms with van der Waals surface area (Å²) < 4.78 is 0.695. The van der Waals surface area contributed by atoms with Crippen molar-refractivity contribution in [3.63, 3.8) is 0 Å². The van der Waals surface area contributed by atoms with Gasteiger partial charge in [-0.2, -0.15) is 0 Å². The molecule has 5 nitrogen and oxygen atoms in total. The molecule has 2 aromatic carbocycles. The van der Waals surface area contributed by atoms with Gasteiger partial charge in [-0.1, -0.05) is 75.6 Å².